The highest BCUT2D eigenvalue weighted by molar-refractivity contribution is 5.83. The predicted octanol–water partition coefficient (Wildman–Crippen LogP) is -3.16. The molecule has 39 heteroatoms. The van der Waals surface area contributed by atoms with Crippen molar-refractivity contribution < 1.29 is 141 Å². The SMILES string of the molecule is CC(=O)NC1C(O)[C@H](O)C(CO)O[C@H]1OCCCCC(=O)NCCCNC(=O)CCOCC(COCCC(=O)NCCCNC(=O)CCCCO[C@@H]1OC(CO)[C@@H](O)C(O)C1NC(C)=O)(COCCC(=O)NCCCNC(=O)CCCCO[C@@H]1OC(CO)[C@@H](O)C(O)C1NC(C)=O)NC(=O)CCCCCCCCCCC(=O)C(C)(C)C. The molecule has 3 heterocycles. The summed E-state index contributed by atoms with van der Waals surface area (Å²) in [5.41, 5.74) is -1.77. The largest absolute Gasteiger partial charge is 0.394 e. The van der Waals surface area contributed by atoms with Crippen molar-refractivity contribution in [3.63, 3.8) is 0 Å². The van der Waals surface area contributed by atoms with Crippen LogP contribution in [0.4, 0.5) is 0 Å². The monoisotopic (exact) mass is 1670 g/mol. The molecule has 10 amide bonds. The molecule has 0 spiro atoms. The number of aliphatic hydroxyl groups is 9. The van der Waals surface area contributed by atoms with E-state index in [0.29, 0.717) is 70.6 Å². The lowest BCUT2D eigenvalue weighted by atomic mass is 9.88. The van der Waals surface area contributed by atoms with Crippen LogP contribution in [-0.2, 0) is 95.4 Å². The number of unbranched alkanes of at least 4 members (excludes halogenated alkanes) is 10. The van der Waals surface area contributed by atoms with Crippen molar-refractivity contribution in [3.05, 3.63) is 0 Å². The highest BCUT2D eigenvalue weighted by Crippen LogP contribution is 2.27. The van der Waals surface area contributed by atoms with Gasteiger partial charge in [-0.1, -0.05) is 59.3 Å². The third-order valence-electron chi connectivity index (χ3n) is 19.3. The van der Waals surface area contributed by atoms with Gasteiger partial charge in [0.15, 0.2) is 18.9 Å². The zero-order valence-corrected chi connectivity index (χ0v) is 68.8. The van der Waals surface area contributed by atoms with Crippen LogP contribution in [0.3, 0.4) is 0 Å². The smallest absolute Gasteiger partial charge is 0.222 e. The van der Waals surface area contributed by atoms with Gasteiger partial charge in [0.25, 0.3) is 0 Å². The number of aliphatic hydroxyl groups excluding tert-OH is 9. The number of ether oxygens (including phenoxy) is 9. The molecule has 3 rings (SSSR count). The highest BCUT2D eigenvalue weighted by Gasteiger charge is 2.48. The van der Waals surface area contributed by atoms with Crippen LogP contribution < -0.4 is 53.2 Å². The first kappa shape index (κ1) is 104. The van der Waals surface area contributed by atoms with E-state index in [1.807, 2.05) is 20.8 Å². The van der Waals surface area contributed by atoms with Gasteiger partial charge in [0.05, 0.1) is 59.5 Å². The molecule has 3 saturated heterocycles. The van der Waals surface area contributed by atoms with E-state index >= 15 is 0 Å². The lowest BCUT2D eigenvalue weighted by Crippen LogP contribution is -2.64. The summed E-state index contributed by atoms with van der Waals surface area (Å²) in [6.45, 7) is 8.24. The van der Waals surface area contributed by atoms with E-state index in [-0.39, 0.29) is 196 Å². The van der Waals surface area contributed by atoms with Crippen molar-refractivity contribution in [2.45, 2.75) is 300 Å². The number of Topliss-reactive ketones (excluding diaryl/α,β-unsaturated/α-hetero) is 1. The molecule has 3 aliphatic rings. The summed E-state index contributed by atoms with van der Waals surface area (Å²) in [5.74, 6) is -3.42. The van der Waals surface area contributed by atoms with Crippen LogP contribution in [0.15, 0.2) is 0 Å². The van der Waals surface area contributed by atoms with Gasteiger partial charge in [-0.25, -0.2) is 0 Å². The van der Waals surface area contributed by atoms with Crippen LogP contribution in [-0.4, -0.2) is 327 Å². The summed E-state index contributed by atoms with van der Waals surface area (Å²) in [5, 5.41) is 118. The molecule has 670 valence electrons. The zero-order chi connectivity index (χ0) is 85.9. The van der Waals surface area contributed by atoms with Gasteiger partial charge >= 0.3 is 0 Å². The third kappa shape index (κ3) is 43.6. The molecule has 39 nitrogen and oxygen atoms in total. The molecule has 0 radical (unpaired) electrons. The van der Waals surface area contributed by atoms with Gasteiger partial charge in [0.2, 0.25) is 59.1 Å². The Balaban J connectivity index is 1.57. The van der Waals surface area contributed by atoms with Gasteiger partial charge in [-0.2, -0.15) is 0 Å². The third-order valence-corrected chi connectivity index (χ3v) is 19.3. The lowest BCUT2D eigenvalue weighted by Gasteiger charge is -2.42. The minimum atomic E-state index is -1.46. The fourth-order valence-corrected chi connectivity index (χ4v) is 12.7. The molecule has 3 aliphatic heterocycles. The molecule has 0 aromatic heterocycles. The van der Waals surface area contributed by atoms with Crippen LogP contribution in [0, 0.1) is 5.41 Å². The first-order valence-corrected chi connectivity index (χ1v) is 41.1. The number of carbonyl (C=O) groups excluding carboxylic acids is 11. The van der Waals surface area contributed by atoms with Crippen LogP contribution in [0.5, 0.6) is 0 Å². The minimum absolute atomic E-state index is 0.0792. The van der Waals surface area contributed by atoms with Gasteiger partial charge < -0.3 is 142 Å². The maximum Gasteiger partial charge on any atom is 0.222 e. The number of carbonyl (C=O) groups is 11. The molecule has 0 aromatic carbocycles. The molecule has 0 aliphatic carbocycles. The quantitative estimate of drug-likeness (QED) is 0.0267. The van der Waals surface area contributed by atoms with E-state index in [9.17, 15) is 98.7 Å². The topological polar surface area (TPSA) is 573 Å². The van der Waals surface area contributed by atoms with Gasteiger partial charge in [-0.05, 0) is 70.6 Å². The number of hydrogen-bond donors (Lipinski definition) is 19. The minimum Gasteiger partial charge on any atom is -0.394 e. The van der Waals surface area contributed by atoms with Crippen molar-refractivity contribution in [1.29, 1.82) is 0 Å². The van der Waals surface area contributed by atoms with Crippen molar-refractivity contribution >= 4 is 64.9 Å². The molecule has 116 heavy (non-hydrogen) atoms. The Labute approximate surface area is 680 Å². The number of rotatable bonds is 63. The lowest BCUT2D eigenvalue weighted by molar-refractivity contribution is -0.270. The Kier molecular flexibility index (Phi) is 53.1. The number of nitrogens with one attached hydrogen (secondary N) is 10. The zero-order valence-electron chi connectivity index (χ0n) is 68.8. The molecular weight excluding hydrogens is 1530 g/mol. The van der Waals surface area contributed by atoms with Gasteiger partial charge in [-0.3, -0.25) is 52.7 Å². The summed E-state index contributed by atoms with van der Waals surface area (Å²) < 4.78 is 52.2. The molecule has 0 saturated carbocycles. The molecule has 19 N–H and O–H groups in total. The summed E-state index contributed by atoms with van der Waals surface area (Å²) in [4.78, 5) is 139. The predicted molar refractivity (Wildman–Crippen MR) is 415 cm³/mol. The maximum absolute atomic E-state index is 14.0. The van der Waals surface area contributed by atoms with Gasteiger partial charge in [-0.15, -0.1) is 0 Å². The van der Waals surface area contributed by atoms with E-state index < -0.39 is 135 Å². The fraction of sp³-hybridized carbons (Fsp3) is 0.857. The second-order valence-electron chi connectivity index (χ2n) is 30.7. The molecular formula is C77H138N10O29. The second-order valence-corrected chi connectivity index (χ2v) is 30.7. The van der Waals surface area contributed by atoms with Crippen LogP contribution in [0.2, 0.25) is 0 Å². The van der Waals surface area contributed by atoms with E-state index in [1.165, 1.54) is 20.8 Å². The Morgan fingerprint density at radius 3 is 0.828 bits per heavy atom. The average molecular weight is 1670 g/mol. The average Bonchev–Trinajstić information content (AvgIpc) is 0.818. The van der Waals surface area contributed by atoms with Gasteiger partial charge in [0.1, 0.15) is 84.4 Å². The summed E-state index contributed by atoms with van der Waals surface area (Å²) in [6, 6.07) is -3.28. The normalized spacial score (nSPS) is 23.9. The summed E-state index contributed by atoms with van der Waals surface area (Å²) in [7, 11) is 0. The summed E-state index contributed by atoms with van der Waals surface area (Å²) >= 11 is 0. The van der Waals surface area contributed by atoms with Crippen molar-refractivity contribution in [2.75, 3.05) is 119 Å². The standard InChI is InChI=1S/C77H138N10O29/c1-50(91)84-64-70(105)67(102)53(44-88)114-73(64)111-38-18-15-25-57(95)78-32-21-35-81-60(98)29-41-108-47-77(87-63(101)28-14-12-10-8-7-9-11-13-24-56(94)76(4,5)6,48-109-42-30-61(99)82-36-22-33-79-58(96)26-16-19-39-112-74-65(85-51(2)92)71(106)68(103)54(45-89)115-74)49-110-43-31-62(100)83-37-23-34-80-59(97)27-17-20-40-113-75-66(86-52(3)93)72(107)69(104)55(46-90)116-75/h53-55,64-75,88-90,102-107H,7-49H2,1-6H3,(H,78,95)(H,79,96)(H,80,97)(H,81,98)(H,82,99)(H,83,100)(H,84,91)(H,85,92)(H,86,93)(H,87,101)/t53?,54?,55?,64?,65?,66?,67-,68-,69-,70?,71?,72?,73-,74-,75-,77?/m1/s1. The molecule has 15 atom stereocenters. The Morgan fingerprint density at radius 1 is 0.310 bits per heavy atom. The first-order chi connectivity index (χ1) is 55.3. The van der Waals surface area contributed by atoms with Crippen LogP contribution in [0.25, 0.3) is 0 Å². The van der Waals surface area contributed by atoms with Crippen molar-refractivity contribution in [1.82, 2.24) is 53.2 Å². The Hall–Kier alpha value is -6.35. The fourth-order valence-electron chi connectivity index (χ4n) is 12.7. The molecule has 9 unspecified atom stereocenters. The maximum atomic E-state index is 14.0. The summed E-state index contributed by atoms with van der Waals surface area (Å²) in [6.07, 6.45) is -4.29. The second kappa shape index (κ2) is 59.4. The van der Waals surface area contributed by atoms with Crippen LogP contribution in [0.1, 0.15) is 202 Å². The number of amides is 10. The first-order valence-electron chi connectivity index (χ1n) is 41.1. The van der Waals surface area contributed by atoms with Crippen molar-refractivity contribution in [3.8, 4) is 0 Å². The van der Waals surface area contributed by atoms with Crippen molar-refractivity contribution in [2.24, 2.45) is 5.41 Å². The van der Waals surface area contributed by atoms with E-state index in [0.717, 1.165) is 44.9 Å². The van der Waals surface area contributed by atoms with E-state index in [1.54, 1.807) is 0 Å². The molecule has 3 fully saturated rings. The van der Waals surface area contributed by atoms with E-state index in [4.69, 9.17) is 42.6 Å². The van der Waals surface area contributed by atoms with Gasteiger partial charge in [0, 0.05) is 137 Å². The number of hydrogen-bond acceptors (Lipinski definition) is 29. The molecule has 0 aromatic rings. The number of ketones is 1. The highest BCUT2D eigenvalue weighted by atomic mass is 16.7. The van der Waals surface area contributed by atoms with Crippen LogP contribution >= 0.6 is 0 Å². The van der Waals surface area contributed by atoms with E-state index in [2.05, 4.69) is 53.2 Å². The Morgan fingerprint density at radius 2 is 0.560 bits per heavy atom. The molecule has 0 bridgehead atoms. The Bertz CT molecular complexity index is 2620.